The van der Waals surface area contributed by atoms with E-state index in [0.717, 1.165) is 6.07 Å². The Bertz CT molecular complexity index is 642. The van der Waals surface area contributed by atoms with Crippen LogP contribution in [0.3, 0.4) is 0 Å². The van der Waals surface area contributed by atoms with Crippen LogP contribution < -0.4 is 9.46 Å². The maximum absolute atomic E-state index is 12.4. The molecular weight excluding hydrogens is 318 g/mol. The van der Waals surface area contributed by atoms with Crippen LogP contribution in [-0.4, -0.2) is 32.6 Å². The normalized spacial score (nSPS) is 13.2. The Morgan fingerprint density at radius 3 is 2.33 bits per heavy atom. The van der Waals surface area contributed by atoms with E-state index in [1.165, 1.54) is 13.2 Å². The summed E-state index contributed by atoms with van der Waals surface area (Å²) >= 11 is 5.82. The molecule has 1 rings (SSSR count). The second-order valence-electron chi connectivity index (χ2n) is 4.94. The number of aromatic carboxylic acids is 1. The summed E-state index contributed by atoms with van der Waals surface area (Å²) in [6.45, 7) is 5.45. The molecule has 0 bridgehead atoms. The molecule has 2 N–H and O–H groups in total. The first-order valence-electron chi connectivity index (χ1n) is 6.23. The standard InChI is InChI=1S/C13H18ClNO5S/c1-7(2)8(3)15-21(18,19)11-6-9(14)5-10(13(16)17)12(11)20-4/h5-8,15H,1-4H3,(H,16,17). The van der Waals surface area contributed by atoms with Crippen LogP contribution in [0.1, 0.15) is 31.1 Å². The minimum Gasteiger partial charge on any atom is -0.494 e. The molecule has 118 valence electrons. The number of hydrogen-bond acceptors (Lipinski definition) is 4. The van der Waals surface area contributed by atoms with Crippen LogP contribution in [0.15, 0.2) is 17.0 Å². The van der Waals surface area contributed by atoms with Gasteiger partial charge in [-0.3, -0.25) is 0 Å². The van der Waals surface area contributed by atoms with E-state index in [2.05, 4.69) is 4.72 Å². The van der Waals surface area contributed by atoms with Crippen molar-refractivity contribution in [2.75, 3.05) is 7.11 Å². The van der Waals surface area contributed by atoms with E-state index in [0.29, 0.717) is 0 Å². The van der Waals surface area contributed by atoms with E-state index in [1.54, 1.807) is 6.92 Å². The summed E-state index contributed by atoms with van der Waals surface area (Å²) in [4.78, 5) is 10.9. The minimum absolute atomic E-state index is 0.00535. The minimum atomic E-state index is -3.95. The lowest BCUT2D eigenvalue weighted by Gasteiger charge is -2.19. The van der Waals surface area contributed by atoms with Gasteiger partial charge in [0.05, 0.1) is 7.11 Å². The number of ether oxygens (including phenoxy) is 1. The zero-order valence-electron chi connectivity index (χ0n) is 12.2. The average molecular weight is 336 g/mol. The third kappa shape index (κ3) is 4.09. The average Bonchev–Trinajstić information content (AvgIpc) is 2.36. The fourth-order valence-corrected chi connectivity index (χ4v) is 3.47. The highest BCUT2D eigenvalue weighted by atomic mass is 35.5. The van der Waals surface area contributed by atoms with Crippen LogP contribution in [0, 0.1) is 5.92 Å². The van der Waals surface area contributed by atoms with E-state index in [1.807, 2.05) is 13.8 Å². The van der Waals surface area contributed by atoms with E-state index in [-0.39, 0.29) is 33.2 Å². The lowest BCUT2D eigenvalue weighted by atomic mass is 10.1. The lowest BCUT2D eigenvalue weighted by Crippen LogP contribution is -2.36. The number of sulfonamides is 1. The van der Waals surface area contributed by atoms with Crippen LogP contribution in [0.25, 0.3) is 0 Å². The van der Waals surface area contributed by atoms with Crippen molar-refractivity contribution < 1.29 is 23.1 Å². The molecule has 0 aliphatic carbocycles. The van der Waals surface area contributed by atoms with Gasteiger partial charge in [-0.15, -0.1) is 0 Å². The molecule has 8 heteroatoms. The van der Waals surface area contributed by atoms with Crippen molar-refractivity contribution in [1.29, 1.82) is 0 Å². The van der Waals surface area contributed by atoms with Crippen molar-refractivity contribution in [2.45, 2.75) is 31.7 Å². The van der Waals surface area contributed by atoms with E-state index < -0.39 is 16.0 Å². The molecule has 0 amide bonds. The fraction of sp³-hybridized carbons (Fsp3) is 0.462. The summed E-state index contributed by atoms with van der Waals surface area (Å²) < 4.78 is 32.3. The van der Waals surface area contributed by atoms with Gasteiger partial charge in [-0.2, -0.15) is 0 Å². The van der Waals surface area contributed by atoms with Gasteiger partial charge < -0.3 is 9.84 Å². The Kier molecular flexibility index (Phi) is 5.61. The molecule has 0 spiro atoms. The molecule has 1 aromatic carbocycles. The van der Waals surface area contributed by atoms with Gasteiger partial charge in [0, 0.05) is 11.1 Å². The number of carboxylic acids is 1. The van der Waals surface area contributed by atoms with Gasteiger partial charge in [0.1, 0.15) is 10.5 Å². The summed E-state index contributed by atoms with van der Waals surface area (Å²) in [6.07, 6.45) is 0. The highest BCUT2D eigenvalue weighted by molar-refractivity contribution is 7.89. The number of hydrogen-bond donors (Lipinski definition) is 2. The molecule has 0 radical (unpaired) electrons. The van der Waals surface area contributed by atoms with Crippen molar-refractivity contribution in [1.82, 2.24) is 4.72 Å². The highest BCUT2D eigenvalue weighted by Gasteiger charge is 2.27. The van der Waals surface area contributed by atoms with Crippen molar-refractivity contribution in [3.8, 4) is 5.75 Å². The van der Waals surface area contributed by atoms with Crippen LogP contribution >= 0.6 is 11.6 Å². The van der Waals surface area contributed by atoms with Gasteiger partial charge in [-0.25, -0.2) is 17.9 Å². The molecule has 1 unspecified atom stereocenters. The van der Waals surface area contributed by atoms with Gasteiger partial charge >= 0.3 is 5.97 Å². The Morgan fingerprint density at radius 2 is 1.90 bits per heavy atom. The maximum atomic E-state index is 12.4. The molecule has 0 aliphatic heterocycles. The Labute approximate surface area is 129 Å². The fourth-order valence-electron chi connectivity index (χ4n) is 1.58. The molecule has 1 aromatic rings. The maximum Gasteiger partial charge on any atom is 0.339 e. The number of rotatable bonds is 6. The predicted molar refractivity (Wildman–Crippen MR) is 79.6 cm³/mol. The lowest BCUT2D eigenvalue weighted by molar-refractivity contribution is 0.0693. The Hall–Kier alpha value is -1.31. The largest absolute Gasteiger partial charge is 0.494 e. The monoisotopic (exact) mass is 335 g/mol. The van der Waals surface area contributed by atoms with Gasteiger partial charge in [-0.05, 0) is 25.0 Å². The van der Waals surface area contributed by atoms with E-state index in [4.69, 9.17) is 21.4 Å². The van der Waals surface area contributed by atoms with E-state index >= 15 is 0 Å². The second kappa shape index (κ2) is 6.64. The number of methoxy groups -OCH3 is 1. The first-order chi connectivity index (χ1) is 9.60. The Morgan fingerprint density at radius 1 is 1.33 bits per heavy atom. The molecule has 0 aromatic heterocycles. The third-order valence-electron chi connectivity index (χ3n) is 3.08. The van der Waals surface area contributed by atoms with Crippen molar-refractivity contribution in [3.63, 3.8) is 0 Å². The SMILES string of the molecule is COc1c(C(=O)O)cc(Cl)cc1S(=O)(=O)NC(C)C(C)C. The quantitative estimate of drug-likeness (QED) is 0.832. The molecule has 0 saturated carbocycles. The summed E-state index contributed by atoms with van der Waals surface area (Å²) in [5, 5.41) is 9.13. The topological polar surface area (TPSA) is 92.7 Å². The number of benzene rings is 1. The summed E-state index contributed by atoms with van der Waals surface area (Å²) in [7, 11) is -2.74. The Balaban J connectivity index is 3.45. The van der Waals surface area contributed by atoms with Crippen LogP contribution in [-0.2, 0) is 10.0 Å². The van der Waals surface area contributed by atoms with Gasteiger partial charge in [0.25, 0.3) is 0 Å². The molecule has 0 fully saturated rings. The summed E-state index contributed by atoms with van der Waals surface area (Å²) in [5.41, 5.74) is -0.303. The first-order valence-corrected chi connectivity index (χ1v) is 8.09. The second-order valence-corrected chi connectivity index (χ2v) is 7.06. The van der Waals surface area contributed by atoms with Crippen molar-refractivity contribution in [3.05, 3.63) is 22.7 Å². The van der Waals surface area contributed by atoms with Crippen molar-refractivity contribution >= 4 is 27.6 Å². The number of halogens is 1. The molecule has 21 heavy (non-hydrogen) atoms. The molecule has 0 heterocycles. The van der Waals surface area contributed by atoms with Gasteiger partial charge in [-0.1, -0.05) is 25.4 Å². The summed E-state index contributed by atoms with van der Waals surface area (Å²) in [5.74, 6) is -1.48. The third-order valence-corrected chi connectivity index (χ3v) is 4.87. The molecular formula is C13H18ClNO5S. The van der Waals surface area contributed by atoms with Gasteiger partial charge in [0.15, 0.2) is 5.75 Å². The van der Waals surface area contributed by atoms with Crippen molar-refractivity contribution in [2.24, 2.45) is 5.92 Å². The summed E-state index contributed by atoms with van der Waals surface area (Å²) in [6, 6.07) is 1.99. The van der Waals surface area contributed by atoms with Crippen LogP contribution in [0.2, 0.25) is 5.02 Å². The molecule has 6 nitrogen and oxygen atoms in total. The van der Waals surface area contributed by atoms with Crippen LogP contribution in [0.5, 0.6) is 5.75 Å². The van der Waals surface area contributed by atoms with E-state index in [9.17, 15) is 13.2 Å². The molecule has 1 atom stereocenters. The highest BCUT2D eigenvalue weighted by Crippen LogP contribution is 2.32. The van der Waals surface area contributed by atoms with Crippen LogP contribution in [0.4, 0.5) is 0 Å². The smallest absolute Gasteiger partial charge is 0.339 e. The number of nitrogens with one attached hydrogen (secondary N) is 1. The molecule has 0 saturated heterocycles. The number of carboxylic acid groups (broad SMARTS) is 1. The molecule has 0 aliphatic rings. The zero-order chi connectivity index (χ0) is 16.4. The predicted octanol–water partition coefficient (Wildman–Crippen LogP) is 2.37. The first kappa shape index (κ1) is 17.7. The number of carbonyl (C=O) groups is 1. The van der Waals surface area contributed by atoms with Gasteiger partial charge in [0.2, 0.25) is 10.0 Å². The zero-order valence-corrected chi connectivity index (χ0v) is 13.7.